The first kappa shape index (κ1) is 17.0. The van der Waals surface area contributed by atoms with Gasteiger partial charge in [0.25, 0.3) is 0 Å². The van der Waals surface area contributed by atoms with Crippen LogP contribution >= 0.6 is 15.9 Å². The molecule has 1 aromatic rings. The molecule has 1 saturated heterocycles. The Kier molecular flexibility index (Phi) is 6.28. The second-order valence-corrected chi connectivity index (χ2v) is 7.93. The van der Waals surface area contributed by atoms with Crippen LogP contribution in [0.3, 0.4) is 0 Å². The summed E-state index contributed by atoms with van der Waals surface area (Å²) >= 11 is 3.25. The largest absolute Gasteiger partial charge is 0.452 e. The molecular formula is C14H23BrN2O3S. The Labute approximate surface area is 135 Å². The van der Waals surface area contributed by atoms with Gasteiger partial charge in [0.15, 0.2) is 4.67 Å². The number of nitrogens with zero attached hydrogens (tertiary/aromatic N) is 1. The summed E-state index contributed by atoms with van der Waals surface area (Å²) in [4.78, 5) is 0.246. The summed E-state index contributed by atoms with van der Waals surface area (Å²) in [7, 11) is -3.47. The van der Waals surface area contributed by atoms with Crippen molar-refractivity contribution < 1.29 is 12.8 Å². The molecule has 0 unspecified atom stereocenters. The molecule has 0 saturated carbocycles. The molecule has 0 bridgehead atoms. The first-order valence-electron chi connectivity index (χ1n) is 7.54. The number of hydrogen-bond acceptors (Lipinski definition) is 4. The Morgan fingerprint density at radius 1 is 1.24 bits per heavy atom. The van der Waals surface area contributed by atoms with E-state index in [-0.39, 0.29) is 4.90 Å². The van der Waals surface area contributed by atoms with Gasteiger partial charge < -0.3 is 9.73 Å². The molecular weight excluding hydrogens is 356 g/mol. The third kappa shape index (κ3) is 4.31. The van der Waals surface area contributed by atoms with Crippen LogP contribution in [-0.2, 0) is 16.6 Å². The van der Waals surface area contributed by atoms with Gasteiger partial charge in [-0.15, -0.1) is 0 Å². The van der Waals surface area contributed by atoms with E-state index in [1.54, 1.807) is 10.4 Å². The van der Waals surface area contributed by atoms with Crippen molar-refractivity contribution >= 4 is 26.0 Å². The third-order valence-corrected chi connectivity index (χ3v) is 6.44. The molecule has 0 aliphatic carbocycles. The molecule has 7 heteroatoms. The summed E-state index contributed by atoms with van der Waals surface area (Å²) in [5.41, 5.74) is 0. The van der Waals surface area contributed by atoms with Crippen molar-refractivity contribution in [3.8, 4) is 0 Å². The number of nitrogens with one attached hydrogen (secondary N) is 1. The highest BCUT2D eigenvalue weighted by Crippen LogP contribution is 2.29. The molecule has 1 aliphatic heterocycles. The minimum atomic E-state index is -3.47. The zero-order valence-electron chi connectivity index (χ0n) is 12.4. The number of sulfonamides is 1. The van der Waals surface area contributed by atoms with E-state index in [4.69, 9.17) is 4.42 Å². The molecule has 5 nitrogen and oxygen atoms in total. The molecule has 1 N–H and O–H groups in total. The summed E-state index contributed by atoms with van der Waals surface area (Å²) in [5, 5.41) is 3.13. The lowest BCUT2D eigenvalue weighted by atomic mass is 10.1. The maximum atomic E-state index is 12.8. The zero-order valence-corrected chi connectivity index (χ0v) is 14.8. The molecule has 0 aromatic carbocycles. The van der Waals surface area contributed by atoms with E-state index in [9.17, 15) is 8.42 Å². The molecule has 0 atom stereocenters. The van der Waals surface area contributed by atoms with Crippen molar-refractivity contribution in [2.24, 2.45) is 0 Å². The van der Waals surface area contributed by atoms with Crippen molar-refractivity contribution in [1.29, 1.82) is 0 Å². The summed E-state index contributed by atoms with van der Waals surface area (Å²) in [6.07, 6.45) is 5.27. The minimum absolute atomic E-state index is 0.246. The molecule has 21 heavy (non-hydrogen) atoms. The van der Waals surface area contributed by atoms with E-state index in [0.29, 0.717) is 30.1 Å². The predicted molar refractivity (Wildman–Crippen MR) is 85.6 cm³/mol. The summed E-state index contributed by atoms with van der Waals surface area (Å²) in [6.45, 7) is 4.54. The van der Waals surface area contributed by atoms with E-state index in [1.165, 1.54) is 6.42 Å². The molecule has 1 aliphatic rings. The standard InChI is InChI=1S/C14H23BrN2O3S/c1-2-16-11-12-10-13(14(15)20-12)21(18,19)17-8-6-4-3-5-7-9-17/h10,16H,2-9,11H2,1H3. The van der Waals surface area contributed by atoms with Crippen molar-refractivity contribution in [1.82, 2.24) is 9.62 Å². The van der Waals surface area contributed by atoms with Gasteiger partial charge in [-0.3, -0.25) is 0 Å². The fraction of sp³-hybridized carbons (Fsp3) is 0.714. The molecule has 0 amide bonds. The molecule has 0 spiro atoms. The van der Waals surface area contributed by atoms with E-state index in [2.05, 4.69) is 21.2 Å². The zero-order chi connectivity index (χ0) is 15.3. The lowest BCUT2D eigenvalue weighted by Crippen LogP contribution is -2.33. The van der Waals surface area contributed by atoms with Crippen molar-refractivity contribution in [2.45, 2.75) is 50.5 Å². The van der Waals surface area contributed by atoms with Crippen LogP contribution in [0.15, 0.2) is 20.0 Å². The first-order valence-corrected chi connectivity index (χ1v) is 9.78. The molecule has 1 aromatic heterocycles. The lowest BCUT2D eigenvalue weighted by Gasteiger charge is -2.23. The highest BCUT2D eigenvalue weighted by atomic mass is 79.9. The minimum Gasteiger partial charge on any atom is -0.452 e. The Morgan fingerprint density at radius 2 is 1.86 bits per heavy atom. The van der Waals surface area contributed by atoms with Gasteiger partial charge in [0.1, 0.15) is 10.7 Å². The van der Waals surface area contributed by atoms with Gasteiger partial charge in [-0.05, 0) is 35.3 Å². The second-order valence-electron chi connectivity index (χ2n) is 5.30. The maximum Gasteiger partial charge on any atom is 0.247 e. The quantitative estimate of drug-likeness (QED) is 0.854. The predicted octanol–water partition coefficient (Wildman–Crippen LogP) is 3.11. The van der Waals surface area contributed by atoms with Gasteiger partial charge in [0.05, 0.1) is 6.54 Å². The lowest BCUT2D eigenvalue weighted by molar-refractivity contribution is 0.363. The highest BCUT2D eigenvalue weighted by molar-refractivity contribution is 9.10. The average molecular weight is 379 g/mol. The fourth-order valence-electron chi connectivity index (χ4n) is 2.51. The van der Waals surface area contributed by atoms with Crippen LogP contribution in [-0.4, -0.2) is 32.4 Å². The number of rotatable bonds is 5. The number of halogens is 1. The Balaban J connectivity index is 2.19. The van der Waals surface area contributed by atoms with Gasteiger partial charge in [-0.1, -0.05) is 26.2 Å². The van der Waals surface area contributed by atoms with Gasteiger partial charge in [-0.2, -0.15) is 4.31 Å². The van der Waals surface area contributed by atoms with E-state index in [1.807, 2.05) is 6.92 Å². The van der Waals surface area contributed by atoms with Gasteiger partial charge in [0, 0.05) is 19.2 Å². The van der Waals surface area contributed by atoms with E-state index < -0.39 is 10.0 Å². The van der Waals surface area contributed by atoms with Crippen molar-refractivity contribution in [3.63, 3.8) is 0 Å². The SMILES string of the molecule is CCNCc1cc(S(=O)(=O)N2CCCCCCC2)c(Br)o1. The first-order chi connectivity index (χ1) is 10.1. The smallest absolute Gasteiger partial charge is 0.247 e. The monoisotopic (exact) mass is 378 g/mol. The summed E-state index contributed by atoms with van der Waals surface area (Å²) in [5.74, 6) is 0.634. The van der Waals surface area contributed by atoms with Gasteiger partial charge >= 0.3 is 0 Å². The normalized spacial score (nSPS) is 18.4. The summed E-state index contributed by atoms with van der Waals surface area (Å²) < 4.78 is 32.9. The fourth-order valence-corrected chi connectivity index (χ4v) is 4.98. The Morgan fingerprint density at radius 3 is 2.48 bits per heavy atom. The van der Waals surface area contributed by atoms with Gasteiger partial charge in [0.2, 0.25) is 10.0 Å². The van der Waals surface area contributed by atoms with Crippen LogP contribution in [0.5, 0.6) is 0 Å². The topological polar surface area (TPSA) is 62.6 Å². The van der Waals surface area contributed by atoms with Crippen LogP contribution in [0.4, 0.5) is 0 Å². The molecule has 0 radical (unpaired) electrons. The average Bonchev–Trinajstić information content (AvgIpc) is 2.77. The Hall–Kier alpha value is -0.370. The maximum absolute atomic E-state index is 12.8. The molecule has 2 heterocycles. The molecule has 1 fully saturated rings. The number of furan rings is 1. The van der Waals surface area contributed by atoms with Gasteiger partial charge in [-0.25, -0.2) is 8.42 Å². The summed E-state index contributed by atoms with van der Waals surface area (Å²) in [6, 6.07) is 1.63. The third-order valence-electron chi connectivity index (χ3n) is 3.69. The van der Waals surface area contributed by atoms with Crippen LogP contribution < -0.4 is 5.32 Å². The highest BCUT2D eigenvalue weighted by Gasteiger charge is 2.29. The molecule has 120 valence electrons. The van der Waals surface area contributed by atoms with E-state index >= 15 is 0 Å². The van der Waals surface area contributed by atoms with Crippen LogP contribution in [0.25, 0.3) is 0 Å². The van der Waals surface area contributed by atoms with Crippen LogP contribution in [0, 0.1) is 0 Å². The van der Waals surface area contributed by atoms with Crippen LogP contribution in [0.1, 0.15) is 44.8 Å². The van der Waals surface area contributed by atoms with Crippen molar-refractivity contribution in [3.05, 3.63) is 16.5 Å². The van der Waals surface area contributed by atoms with E-state index in [0.717, 1.165) is 32.2 Å². The Bertz CT molecular complexity index is 549. The van der Waals surface area contributed by atoms with Crippen molar-refractivity contribution in [2.75, 3.05) is 19.6 Å². The second kappa shape index (κ2) is 7.76. The molecule has 2 rings (SSSR count). The van der Waals surface area contributed by atoms with Crippen LogP contribution in [0.2, 0.25) is 0 Å². The number of hydrogen-bond donors (Lipinski definition) is 1.